The molecule has 0 aliphatic heterocycles. The molecule has 0 aliphatic carbocycles. The third-order valence-electron chi connectivity index (χ3n) is 2.89. The van der Waals surface area contributed by atoms with Crippen LogP contribution in [0.2, 0.25) is 5.02 Å². The summed E-state index contributed by atoms with van der Waals surface area (Å²) in [4.78, 5) is 8.60. The fourth-order valence-electron chi connectivity index (χ4n) is 1.88. The average molecular weight is 294 g/mol. The Morgan fingerprint density at radius 2 is 2.15 bits per heavy atom. The molecule has 3 nitrogen and oxygen atoms in total. The van der Waals surface area contributed by atoms with Gasteiger partial charge in [-0.3, -0.25) is 0 Å². The Hall–Kier alpha value is -1.52. The number of hydrogen-bond donors (Lipinski definition) is 1. The number of rotatable bonds is 6. The van der Waals surface area contributed by atoms with Crippen LogP contribution >= 0.6 is 11.6 Å². The van der Waals surface area contributed by atoms with Crippen molar-refractivity contribution in [3.8, 4) is 0 Å². The molecule has 0 bridgehead atoms. The summed E-state index contributed by atoms with van der Waals surface area (Å²) in [6, 6.07) is 6.52. The monoisotopic (exact) mass is 293 g/mol. The molecule has 0 amide bonds. The van der Waals surface area contributed by atoms with Gasteiger partial charge in [0.15, 0.2) is 0 Å². The van der Waals surface area contributed by atoms with E-state index in [9.17, 15) is 4.39 Å². The molecule has 106 valence electrons. The maximum Gasteiger partial charge on any atom is 0.133 e. The van der Waals surface area contributed by atoms with Crippen LogP contribution in [0, 0.1) is 5.82 Å². The van der Waals surface area contributed by atoms with Crippen molar-refractivity contribution in [2.45, 2.75) is 26.3 Å². The summed E-state index contributed by atoms with van der Waals surface area (Å²) in [5, 5.41) is 3.68. The predicted octanol–water partition coefficient (Wildman–Crippen LogP) is 3.36. The summed E-state index contributed by atoms with van der Waals surface area (Å²) in [6.45, 7) is 3.74. The Bertz CT molecular complexity index is 555. The number of aromatic nitrogens is 2. The van der Waals surface area contributed by atoms with E-state index in [1.807, 2.05) is 6.07 Å². The highest BCUT2D eigenvalue weighted by molar-refractivity contribution is 6.31. The molecule has 2 aromatic rings. The topological polar surface area (TPSA) is 37.8 Å². The molecular formula is C15H17ClFN3. The van der Waals surface area contributed by atoms with Gasteiger partial charge in [0, 0.05) is 29.7 Å². The average Bonchev–Trinajstić information content (AvgIpc) is 2.44. The van der Waals surface area contributed by atoms with E-state index in [-0.39, 0.29) is 5.82 Å². The quantitative estimate of drug-likeness (QED) is 0.830. The Morgan fingerprint density at radius 1 is 1.30 bits per heavy atom. The van der Waals surface area contributed by atoms with E-state index in [2.05, 4.69) is 22.2 Å². The molecule has 20 heavy (non-hydrogen) atoms. The van der Waals surface area contributed by atoms with Crippen LogP contribution in [-0.4, -0.2) is 16.5 Å². The first-order valence-corrected chi connectivity index (χ1v) is 7.03. The molecule has 1 aromatic heterocycles. The van der Waals surface area contributed by atoms with Crippen molar-refractivity contribution in [1.82, 2.24) is 15.3 Å². The van der Waals surface area contributed by atoms with E-state index in [4.69, 9.17) is 11.6 Å². The minimum atomic E-state index is -0.324. The second kappa shape index (κ2) is 7.31. The van der Waals surface area contributed by atoms with Gasteiger partial charge >= 0.3 is 0 Å². The molecule has 0 saturated carbocycles. The fraction of sp³-hybridized carbons (Fsp3) is 0.333. The Morgan fingerprint density at radius 3 is 2.90 bits per heavy atom. The van der Waals surface area contributed by atoms with E-state index in [0.29, 0.717) is 29.4 Å². The first-order chi connectivity index (χ1) is 9.70. The number of hydrogen-bond acceptors (Lipinski definition) is 3. The van der Waals surface area contributed by atoms with E-state index >= 15 is 0 Å². The van der Waals surface area contributed by atoms with Gasteiger partial charge in [-0.1, -0.05) is 24.6 Å². The van der Waals surface area contributed by atoms with Crippen molar-refractivity contribution in [3.63, 3.8) is 0 Å². The minimum Gasteiger partial charge on any atom is -0.311 e. The van der Waals surface area contributed by atoms with E-state index in [0.717, 1.165) is 18.7 Å². The normalized spacial score (nSPS) is 10.8. The largest absolute Gasteiger partial charge is 0.311 e. The number of nitrogens with one attached hydrogen (secondary N) is 1. The highest BCUT2D eigenvalue weighted by Crippen LogP contribution is 2.21. The van der Waals surface area contributed by atoms with Gasteiger partial charge in [-0.05, 0) is 31.2 Å². The zero-order valence-corrected chi connectivity index (χ0v) is 12.1. The molecule has 0 atom stereocenters. The van der Waals surface area contributed by atoms with Gasteiger partial charge in [0.2, 0.25) is 0 Å². The van der Waals surface area contributed by atoms with Gasteiger partial charge < -0.3 is 5.32 Å². The lowest BCUT2D eigenvalue weighted by Crippen LogP contribution is -2.15. The zero-order valence-electron chi connectivity index (χ0n) is 11.4. The van der Waals surface area contributed by atoms with Crippen molar-refractivity contribution in [1.29, 1.82) is 0 Å². The van der Waals surface area contributed by atoms with E-state index in [1.54, 1.807) is 18.3 Å². The second-order valence-corrected chi connectivity index (χ2v) is 4.93. The van der Waals surface area contributed by atoms with Crippen molar-refractivity contribution in [2.24, 2.45) is 0 Å². The van der Waals surface area contributed by atoms with Gasteiger partial charge in [0.1, 0.15) is 11.6 Å². The third-order valence-corrected chi connectivity index (χ3v) is 3.25. The summed E-state index contributed by atoms with van der Waals surface area (Å²) >= 11 is 6.01. The first kappa shape index (κ1) is 14.9. The summed E-state index contributed by atoms with van der Waals surface area (Å²) in [5.74, 6) is 0.253. The molecule has 0 unspecified atom stereocenters. The molecule has 0 saturated heterocycles. The second-order valence-electron chi connectivity index (χ2n) is 4.52. The summed E-state index contributed by atoms with van der Waals surface area (Å²) in [7, 11) is 0. The van der Waals surface area contributed by atoms with Crippen LogP contribution in [0.3, 0.4) is 0 Å². The highest BCUT2D eigenvalue weighted by atomic mass is 35.5. The lowest BCUT2D eigenvalue weighted by Gasteiger charge is -2.07. The molecule has 5 heteroatoms. The van der Waals surface area contributed by atoms with Crippen LogP contribution in [0.25, 0.3) is 0 Å². The van der Waals surface area contributed by atoms with Crippen LogP contribution in [0.1, 0.15) is 30.4 Å². The van der Waals surface area contributed by atoms with Crippen molar-refractivity contribution >= 4 is 11.6 Å². The lowest BCUT2D eigenvalue weighted by atomic mass is 10.1. The molecule has 2 rings (SSSR count). The molecule has 1 N–H and O–H groups in total. The van der Waals surface area contributed by atoms with Gasteiger partial charge in [-0.2, -0.15) is 0 Å². The number of nitrogens with zero attached hydrogens (tertiary/aromatic N) is 2. The predicted molar refractivity (Wildman–Crippen MR) is 78.2 cm³/mol. The molecule has 0 aliphatic rings. The maximum atomic E-state index is 13.7. The van der Waals surface area contributed by atoms with Gasteiger partial charge in [-0.15, -0.1) is 0 Å². The summed E-state index contributed by atoms with van der Waals surface area (Å²) in [6.07, 6.45) is 3.07. The maximum absolute atomic E-state index is 13.7. The fourth-order valence-corrected chi connectivity index (χ4v) is 2.11. The van der Waals surface area contributed by atoms with Crippen LogP contribution in [0.15, 0.2) is 30.5 Å². The van der Waals surface area contributed by atoms with Gasteiger partial charge in [-0.25, -0.2) is 14.4 Å². The summed E-state index contributed by atoms with van der Waals surface area (Å²) < 4.78 is 13.7. The van der Waals surface area contributed by atoms with Crippen molar-refractivity contribution in [3.05, 3.63) is 58.4 Å². The Kier molecular flexibility index (Phi) is 5.44. The SMILES string of the molecule is CCCNCc1ccnc(Cc2c(F)cccc2Cl)n1. The van der Waals surface area contributed by atoms with Crippen LogP contribution < -0.4 is 5.32 Å². The minimum absolute atomic E-state index is 0.299. The third kappa shape index (κ3) is 3.99. The Labute approximate surface area is 123 Å². The number of halogens is 2. The van der Waals surface area contributed by atoms with Crippen LogP contribution in [0.4, 0.5) is 4.39 Å². The molecule has 0 radical (unpaired) electrons. The molecule has 0 spiro atoms. The molecule has 1 aromatic carbocycles. The lowest BCUT2D eigenvalue weighted by molar-refractivity contribution is 0.611. The van der Waals surface area contributed by atoms with Gasteiger partial charge in [0.25, 0.3) is 0 Å². The van der Waals surface area contributed by atoms with Crippen LogP contribution in [-0.2, 0) is 13.0 Å². The smallest absolute Gasteiger partial charge is 0.133 e. The van der Waals surface area contributed by atoms with Crippen LogP contribution in [0.5, 0.6) is 0 Å². The molecule has 1 heterocycles. The van der Waals surface area contributed by atoms with E-state index in [1.165, 1.54) is 6.07 Å². The van der Waals surface area contributed by atoms with Gasteiger partial charge in [0.05, 0.1) is 5.69 Å². The zero-order chi connectivity index (χ0) is 14.4. The molecular weight excluding hydrogens is 277 g/mol. The first-order valence-electron chi connectivity index (χ1n) is 6.65. The highest BCUT2D eigenvalue weighted by Gasteiger charge is 2.09. The van der Waals surface area contributed by atoms with Crippen molar-refractivity contribution < 1.29 is 4.39 Å². The number of benzene rings is 1. The Balaban J connectivity index is 2.11. The van der Waals surface area contributed by atoms with E-state index < -0.39 is 0 Å². The standard InChI is InChI=1S/C15H17ClFN3/c1-2-7-18-10-11-6-8-19-15(20-11)9-12-13(16)4-3-5-14(12)17/h3-6,8,18H,2,7,9-10H2,1H3. The van der Waals surface area contributed by atoms with Crippen molar-refractivity contribution in [2.75, 3.05) is 6.54 Å². The summed E-state index contributed by atoms with van der Waals surface area (Å²) in [5.41, 5.74) is 1.34. The molecule has 0 fully saturated rings.